The van der Waals surface area contributed by atoms with E-state index in [9.17, 15) is 9.59 Å². The van der Waals surface area contributed by atoms with Gasteiger partial charge in [0.2, 0.25) is 5.91 Å². The van der Waals surface area contributed by atoms with E-state index in [2.05, 4.69) is 16.3 Å². The highest BCUT2D eigenvalue weighted by Crippen LogP contribution is 2.23. The molecule has 1 aliphatic rings. The number of benzene rings is 2. The Morgan fingerprint density at radius 2 is 1.57 bits per heavy atom. The molecule has 0 aliphatic carbocycles. The summed E-state index contributed by atoms with van der Waals surface area (Å²) in [6, 6.07) is 17.6. The SMILES string of the molecule is CC(C)(C)OC(=O)NCC(=O)N1CCN(CCCOc2ccc(-c3ccc(C#N)cc3)cc2)CC1. The molecule has 0 atom stereocenters. The van der Waals surface area contributed by atoms with Crippen molar-refractivity contribution in [2.75, 3.05) is 45.9 Å². The lowest BCUT2D eigenvalue weighted by molar-refractivity contribution is -0.132. The highest BCUT2D eigenvalue weighted by atomic mass is 16.6. The Kier molecular flexibility index (Phi) is 9.10. The van der Waals surface area contributed by atoms with Gasteiger partial charge in [0.15, 0.2) is 0 Å². The van der Waals surface area contributed by atoms with Crippen molar-refractivity contribution in [2.24, 2.45) is 0 Å². The predicted octanol–water partition coefficient (Wildman–Crippen LogP) is 3.66. The zero-order valence-corrected chi connectivity index (χ0v) is 20.8. The van der Waals surface area contributed by atoms with Crippen molar-refractivity contribution in [1.29, 1.82) is 5.26 Å². The van der Waals surface area contributed by atoms with E-state index in [0.29, 0.717) is 25.3 Å². The summed E-state index contributed by atoms with van der Waals surface area (Å²) in [5, 5.41) is 11.4. The van der Waals surface area contributed by atoms with Crippen molar-refractivity contribution in [1.82, 2.24) is 15.1 Å². The molecule has 0 bridgehead atoms. The summed E-state index contributed by atoms with van der Waals surface area (Å²) >= 11 is 0. The molecule has 2 aromatic rings. The van der Waals surface area contributed by atoms with Crippen LogP contribution >= 0.6 is 0 Å². The Labute approximate surface area is 207 Å². The maximum absolute atomic E-state index is 12.3. The van der Waals surface area contributed by atoms with Crippen LogP contribution in [0.1, 0.15) is 32.8 Å². The molecule has 0 unspecified atom stereocenters. The van der Waals surface area contributed by atoms with Gasteiger partial charge in [-0.15, -0.1) is 0 Å². The Balaban J connectivity index is 1.31. The number of nitrogens with zero attached hydrogens (tertiary/aromatic N) is 3. The number of nitriles is 1. The average molecular weight is 479 g/mol. The third-order valence-electron chi connectivity index (χ3n) is 5.60. The van der Waals surface area contributed by atoms with Gasteiger partial charge in [-0.3, -0.25) is 9.69 Å². The number of carbonyl (C=O) groups excluding carboxylic acids is 2. The molecule has 2 amide bonds. The maximum atomic E-state index is 12.3. The van der Waals surface area contributed by atoms with Crippen LogP contribution in [0.25, 0.3) is 11.1 Å². The maximum Gasteiger partial charge on any atom is 0.408 e. The molecule has 3 rings (SSSR count). The number of hydrogen-bond donors (Lipinski definition) is 1. The van der Waals surface area contributed by atoms with Gasteiger partial charge in [0.05, 0.1) is 18.2 Å². The largest absolute Gasteiger partial charge is 0.494 e. The van der Waals surface area contributed by atoms with E-state index in [1.54, 1.807) is 25.7 Å². The van der Waals surface area contributed by atoms with Crippen LogP contribution in [-0.4, -0.2) is 73.3 Å². The number of rotatable bonds is 8. The van der Waals surface area contributed by atoms with Gasteiger partial charge in [-0.05, 0) is 62.6 Å². The van der Waals surface area contributed by atoms with Gasteiger partial charge in [0, 0.05) is 32.7 Å². The fourth-order valence-corrected chi connectivity index (χ4v) is 3.75. The molecule has 35 heavy (non-hydrogen) atoms. The van der Waals surface area contributed by atoms with Crippen LogP contribution < -0.4 is 10.1 Å². The topological polar surface area (TPSA) is 94.9 Å². The summed E-state index contributed by atoms with van der Waals surface area (Å²) in [6.45, 7) is 9.73. The summed E-state index contributed by atoms with van der Waals surface area (Å²) in [7, 11) is 0. The summed E-state index contributed by atoms with van der Waals surface area (Å²) in [4.78, 5) is 28.2. The molecular weight excluding hydrogens is 444 g/mol. The third kappa shape index (κ3) is 8.62. The molecule has 186 valence electrons. The van der Waals surface area contributed by atoms with Crippen LogP contribution in [0.15, 0.2) is 48.5 Å². The first-order chi connectivity index (χ1) is 16.7. The van der Waals surface area contributed by atoms with Crippen LogP contribution in [0.2, 0.25) is 0 Å². The zero-order valence-electron chi connectivity index (χ0n) is 20.8. The number of nitrogens with one attached hydrogen (secondary N) is 1. The van der Waals surface area contributed by atoms with Gasteiger partial charge in [-0.1, -0.05) is 24.3 Å². The zero-order chi connectivity index (χ0) is 25.3. The Bertz CT molecular complexity index is 1020. The number of amides is 2. The lowest BCUT2D eigenvalue weighted by atomic mass is 10.0. The minimum atomic E-state index is -0.585. The fourth-order valence-electron chi connectivity index (χ4n) is 3.75. The van der Waals surface area contributed by atoms with Crippen LogP contribution in [0.5, 0.6) is 5.75 Å². The lowest BCUT2D eigenvalue weighted by Gasteiger charge is -2.34. The number of ether oxygens (including phenoxy) is 2. The summed E-state index contributed by atoms with van der Waals surface area (Å²) < 4.78 is 11.0. The monoisotopic (exact) mass is 478 g/mol. The smallest absolute Gasteiger partial charge is 0.408 e. The van der Waals surface area contributed by atoms with E-state index in [1.165, 1.54) is 0 Å². The molecule has 2 aromatic carbocycles. The number of alkyl carbamates (subject to hydrolysis) is 1. The molecule has 0 spiro atoms. The lowest BCUT2D eigenvalue weighted by Crippen LogP contribution is -2.51. The molecule has 1 N–H and O–H groups in total. The molecule has 8 heteroatoms. The van der Waals surface area contributed by atoms with E-state index in [1.807, 2.05) is 48.5 Å². The minimum absolute atomic E-state index is 0.0489. The fraction of sp³-hybridized carbons (Fsp3) is 0.444. The summed E-state index contributed by atoms with van der Waals surface area (Å²) in [5.41, 5.74) is 2.21. The van der Waals surface area contributed by atoms with Gasteiger partial charge in [-0.2, -0.15) is 5.26 Å². The van der Waals surface area contributed by atoms with Crippen molar-refractivity contribution >= 4 is 12.0 Å². The normalized spacial score (nSPS) is 14.2. The Morgan fingerprint density at radius 1 is 0.971 bits per heavy atom. The number of piperazine rings is 1. The standard InChI is InChI=1S/C27H34N4O4/c1-27(2,3)35-26(33)29-20-25(32)31-16-14-30(15-17-31)13-4-18-34-24-11-9-23(10-12-24)22-7-5-21(19-28)6-8-22/h5-12H,4,13-18,20H2,1-3H3,(H,29,33). The minimum Gasteiger partial charge on any atom is -0.494 e. The Morgan fingerprint density at radius 3 is 2.14 bits per heavy atom. The van der Waals surface area contributed by atoms with E-state index in [4.69, 9.17) is 14.7 Å². The molecule has 0 radical (unpaired) electrons. The molecular formula is C27H34N4O4. The number of carbonyl (C=O) groups is 2. The van der Waals surface area contributed by atoms with E-state index in [-0.39, 0.29) is 12.5 Å². The summed E-state index contributed by atoms with van der Waals surface area (Å²) in [5.74, 6) is 0.735. The predicted molar refractivity (Wildman–Crippen MR) is 134 cm³/mol. The molecule has 1 aliphatic heterocycles. The van der Waals surface area contributed by atoms with E-state index in [0.717, 1.165) is 42.9 Å². The molecule has 0 aromatic heterocycles. The van der Waals surface area contributed by atoms with Crippen molar-refractivity contribution in [2.45, 2.75) is 32.8 Å². The third-order valence-corrected chi connectivity index (χ3v) is 5.60. The van der Waals surface area contributed by atoms with Crippen molar-refractivity contribution in [3.8, 4) is 22.9 Å². The molecule has 8 nitrogen and oxygen atoms in total. The first-order valence-corrected chi connectivity index (χ1v) is 11.9. The second kappa shape index (κ2) is 12.2. The van der Waals surface area contributed by atoms with Gasteiger partial charge < -0.3 is 19.7 Å². The Hall–Kier alpha value is -3.57. The summed E-state index contributed by atoms with van der Waals surface area (Å²) in [6.07, 6.45) is 0.319. The van der Waals surface area contributed by atoms with Crippen LogP contribution in [-0.2, 0) is 9.53 Å². The molecule has 1 saturated heterocycles. The van der Waals surface area contributed by atoms with E-state index >= 15 is 0 Å². The van der Waals surface area contributed by atoms with Crippen molar-refractivity contribution < 1.29 is 19.1 Å². The van der Waals surface area contributed by atoms with Crippen molar-refractivity contribution in [3.05, 3.63) is 54.1 Å². The molecule has 1 fully saturated rings. The van der Waals surface area contributed by atoms with Crippen LogP contribution in [0.4, 0.5) is 4.79 Å². The van der Waals surface area contributed by atoms with Gasteiger partial charge in [-0.25, -0.2) is 4.79 Å². The van der Waals surface area contributed by atoms with Gasteiger partial charge in [0.1, 0.15) is 17.9 Å². The highest BCUT2D eigenvalue weighted by Gasteiger charge is 2.22. The highest BCUT2D eigenvalue weighted by molar-refractivity contribution is 5.82. The second-order valence-corrected chi connectivity index (χ2v) is 9.49. The number of hydrogen-bond acceptors (Lipinski definition) is 6. The average Bonchev–Trinajstić information content (AvgIpc) is 2.85. The van der Waals surface area contributed by atoms with Crippen LogP contribution in [0.3, 0.4) is 0 Å². The van der Waals surface area contributed by atoms with Crippen LogP contribution in [0, 0.1) is 11.3 Å². The van der Waals surface area contributed by atoms with Gasteiger partial charge in [0.25, 0.3) is 0 Å². The first-order valence-electron chi connectivity index (χ1n) is 11.9. The molecule has 0 saturated carbocycles. The second-order valence-electron chi connectivity index (χ2n) is 9.49. The van der Waals surface area contributed by atoms with E-state index < -0.39 is 11.7 Å². The van der Waals surface area contributed by atoms with Crippen molar-refractivity contribution in [3.63, 3.8) is 0 Å². The molecule has 1 heterocycles. The quantitative estimate of drug-likeness (QED) is 0.582. The van der Waals surface area contributed by atoms with Gasteiger partial charge >= 0.3 is 6.09 Å². The first kappa shape index (κ1) is 26.0.